The average Bonchev–Trinajstić information content (AvgIpc) is 2.79. The zero-order valence-electron chi connectivity index (χ0n) is 19.9. The summed E-state index contributed by atoms with van der Waals surface area (Å²) < 4.78 is 5.81. The first-order chi connectivity index (χ1) is 15.7. The first-order valence-corrected chi connectivity index (χ1v) is 11.3. The molecule has 0 heterocycles. The summed E-state index contributed by atoms with van der Waals surface area (Å²) in [5, 5.41) is 5.78. The van der Waals surface area contributed by atoms with E-state index in [9.17, 15) is 9.59 Å². The summed E-state index contributed by atoms with van der Waals surface area (Å²) in [7, 11) is 0. The van der Waals surface area contributed by atoms with Crippen molar-refractivity contribution in [1.29, 1.82) is 0 Å². The smallest absolute Gasteiger partial charge is 0.255 e. The molecule has 0 aliphatic carbocycles. The molecule has 5 heteroatoms. The molecular weight excluding hydrogens is 412 g/mol. The summed E-state index contributed by atoms with van der Waals surface area (Å²) >= 11 is 0. The van der Waals surface area contributed by atoms with Crippen molar-refractivity contribution in [1.82, 2.24) is 0 Å². The van der Waals surface area contributed by atoms with Gasteiger partial charge in [-0.25, -0.2) is 0 Å². The Kier molecular flexibility index (Phi) is 7.54. The highest BCUT2D eigenvalue weighted by Gasteiger charge is 2.15. The summed E-state index contributed by atoms with van der Waals surface area (Å²) in [5.74, 6) is 0.218. The van der Waals surface area contributed by atoms with Crippen LogP contribution in [0.15, 0.2) is 72.8 Å². The molecule has 2 amide bonds. The van der Waals surface area contributed by atoms with Crippen molar-refractivity contribution in [3.05, 3.63) is 89.5 Å². The molecule has 0 saturated carbocycles. The van der Waals surface area contributed by atoms with Crippen LogP contribution in [0.4, 0.5) is 11.4 Å². The van der Waals surface area contributed by atoms with E-state index in [4.69, 9.17) is 4.74 Å². The average molecular weight is 445 g/mol. The first kappa shape index (κ1) is 24.1. The van der Waals surface area contributed by atoms with Crippen LogP contribution < -0.4 is 15.4 Å². The molecule has 3 rings (SSSR count). The van der Waals surface area contributed by atoms with E-state index in [0.29, 0.717) is 28.3 Å². The molecular formula is C28H32N2O3. The van der Waals surface area contributed by atoms with E-state index in [1.165, 1.54) is 5.56 Å². The second kappa shape index (κ2) is 10.3. The van der Waals surface area contributed by atoms with Gasteiger partial charge in [0.1, 0.15) is 5.75 Å². The SMILES string of the molecule is CCC(C)Oc1cccc(C(=O)Nc2cccc(NC(=O)c3ccc(C(C)(C)C)cc3)c2)c1. The Hall–Kier alpha value is -3.60. The molecule has 2 N–H and O–H groups in total. The van der Waals surface area contributed by atoms with Gasteiger partial charge in [0.2, 0.25) is 0 Å². The molecule has 33 heavy (non-hydrogen) atoms. The van der Waals surface area contributed by atoms with Crippen molar-refractivity contribution in [3.63, 3.8) is 0 Å². The number of carbonyl (C=O) groups is 2. The van der Waals surface area contributed by atoms with Crippen molar-refractivity contribution >= 4 is 23.2 Å². The van der Waals surface area contributed by atoms with Gasteiger partial charge in [-0.3, -0.25) is 9.59 Å². The van der Waals surface area contributed by atoms with E-state index in [0.717, 1.165) is 6.42 Å². The molecule has 0 bridgehead atoms. The number of benzene rings is 3. The monoisotopic (exact) mass is 444 g/mol. The van der Waals surface area contributed by atoms with Gasteiger partial charge in [0.05, 0.1) is 6.10 Å². The normalized spacial score (nSPS) is 12.0. The second-order valence-corrected chi connectivity index (χ2v) is 9.18. The maximum atomic E-state index is 12.7. The lowest BCUT2D eigenvalue weighted by atomic mass is 9.87. The van der Waals surface area contributed by atoms with Gasteiger partial charge in [-0.05, 0) is 72.9 Å². The van der Waals surface area contributed by atoms with Crippen molar-refractivity contribution in [2.45, 2.75) is 52.6 Å². The number of nitrogens with one attached hydrogen (secondary N) is 2. The molecule has 0 radical (unpaired) electrons. The molecule has 0 spiro atoms. The lowest BCUT2D eigenvalue weighted by Crippen LogP contribution is -2.15. The molecule has 0 fully saturated rings. The molecule has 1 unspecified atom stereocenters. The van der Waals surface area contributed by atoms with Crippen LogP contribution in [0.2, 0.25) is 0 Å². The minimum atomic E-state index is -0.245. The van der Waals surface area contributed by atoms with Gasteiger partial charge in [0.15, 0.2) is 0 Å². The third-order valence-electron chi connectivity index (χ3n) is 5.40. The van der Waals surface area contributed by atoms with E-state index in [2.05, 4.69) is 31.4 Å². The van der Waals surface area contributed by atoms with Crippen LogP contribution in [0.5, 0.6) is 5.75 Å². The third kappa shape index (κ3) is 6.69. The first-order valence-electron chi connectivity index (χ1n) is 11.3. The van der Waals surface area contributed by atoms with E-state index in [-0.39, 0.29) is 23.3 Å². The Morgan fingerprint density at radius 1 is 0.818 bits per heavy atom. The fraction of sp³-hybridized carbons (Fsp3) is 0.286. The van der Waals surface area contributed by atoms with Crippen molar-refractivity contribution in [3.8, 4) is 5.75 Å². The van der Waals surface area contributed by atoms with Gasteiger partial charge >= 0.3 is 0 Å². The van der Waals surface area contributed by atoms with Crippen LogP contribution in [0.1, 0.15) is 67.3 Å². The number of carbonyl (C=O) groups excluding carboxylic acids is 2. The van der Waals surface area contributed by atoms with Gasteiger partial charge in [-0.2, -0.15) is 0 Å². The Labute approximate surface area is 196 Å². The lowest BCUT2D eigenvalue weighted by Gasteiger charge is -2.19. The van der Waals surface area contributed by atoms with Crippen LogP contribution in [-0.2, 0) is 5.41 Å². The lowest BCUT2D eigenvalue weighted by molar-refractivity contribution is 0.101. The summed E-state index contributed by atoms with van der Waals surface area (Å²) in [6, 6.07) is 21.8. The van der Waals surface area contributed by atoms with E-state index < -0.39 is 0 Å². The Morgan fingerprint density at radius 2 is 1.39 bits per heavy atom. The largest absolute Gasteiger partial charge is 0.491 e. The fourth-order valence-corrected chi connectivity index (χ4v) is 3.23. The predicted octanol–water partition coefficient (Wildman–Crippen LogP) is 6.67. The number of hydrogen-bond acceptors (Lipinski definition) is 3. The Morgan fingerprint density at radius 3 is 1.97 bits per heavy atom. The number of amides is 2. The topological polar surface area (TPSA) is 67.4 Å². The van der Waals surface area contributed by atoms with Crippen molar-refractivity contribution in [2.24, 2.45) is 0 Å². The Balaban J connectivity index is 1.67. The number of anilines is 2. The Bertz CT molecular complexity index is 1110. The fourth-order valence-electron chi connectivity index (χ4n) is 3.23. The molecule has 0 aromatic heterocycles. The number of rotatable bonds is 7. The molecule has 1 atom stereocenters. The summed E-state index contributed by atoms with van der Waals surface area (Å²) in [4.78, 5) is 25.4. The minimum absolute atomic E-state index is 0.0292. The zero-order valence-corrected chi connectivity index (χ0v) is 19.9. The van der Waals surface area contributed by atoms with Crippen molar-refractivity contribution < 1.29 is 14.3 Å². The minimum Gasteiger partial charge on any atom is -0.491 e. The molecule has 0 aliphatic heterocycles. The van der Waals surface area contributed by atoms with E-state index in [1.807, 2.05) is 44.2 Å². The summed E-state index contributed by atoms with van der Waals surface area (Å²) in [6.45, 7) is 10.4. The number of hydrogen-bond donors (Lipinski definition) is 2. The van der Waals surface area contributed by atoms with Gasteiger partial charge in [-0.15, -0.1) is 0 Å². The van der Waals surface area contributed by atoms with Crippen LogP contribution in [0.25, 0.3) is 0 Å². The molecule has 3 aromatic carbocycles. The maximum Gasteiger partial charge on any atom is 0.255 e. The van der Waals surface area contributed by atoms with Crippen LogP contribution in [-0.4, -0.2) is 17.9 Å². The predicted molar refractivity (Wildman–Crippen MR) is 134 cm³/mol. The zero-order chi connectivity index (χ0) is 24.0. The van der Waals surface area contributed by atoms with Gasteiger partial charge in [-0.1, -0.05) is 52.0 Å². The van der Waals surface area contributed by atoms with Crippen LogP contribution in [0, 0.1) is 0 Å². The molecule has 0 saturated heterocycles. The van der Waals surface area contributed by atoms with E-state index >= 15 is 0 Å². The quantitative estimate of drug-likeness (QED) is 0.428. The van der Waals surface area contributed by atoms with Crippen LogP contribution >= 0.6 is 0 Å². The van der Waals surface area contributed by atoms with E-state index in [1.54, 1.807) is 42.5 Å². The summed E-state index contributed by atoms with van der Waals surface area (Å²) in [5.41, 5.74) is 3.48. The molecule has 0 aliphatic rings. The standard InChI is InChI=1S/C28H32N2O3/c1-6-19(2)33-25-12-7-9-21(17-25)27(32)30-24-11-8-10-23(18-24)29-26(31)20-13-15-22(16-14-20)28(3,4)5/h7-19H,6H2,1-5H3,(H,29,31)(H,30,32). The molecule has 172 valence electrons. The molecule has 3 aromatic rings. The van der Waals surface area contributed by atoms with Gasteiger partial charge in [0.25, 0.3) is 11.8 Å². The maximum absolute atomic E-state index is 12.7. The highest BCUT2D eigenvalue weighted by Crippen LogP contribution is 2.23. The van der Waals surface area contributed by atoms with Gasteiger partial charge in [0, 0.05) is 22.5 Å². The van der Waals surface area contributed by atoms with Gasteiger partial charge < -0.3 is 15.4 Å². The second-order valence-electron chi connectivity index (χ2n) is 9.18. The summed E-state index contributed by atoms with van der Waals surface area (Å²) in [6.07, 6.45) is 0.962. The third-order valence-corrected chi connectivity index (χ3v) is 5.40. The number of ether oxygens (including phenoxy) is 1. The highest BCUT2D eigenvalue weighted by molar-refractivity contribution is 6.06. The highest BCUT2D eigenvalue weighted by atomic mass is 16.5. The van der Waals surface area contributed by atoms with Crippen molar-refractivity contribution in [2.75, 3.05) is 10.6 Å². The van der Waals surface area contributed by atoms with Crippen LogP contribution in [0.3, 0.4) is 0 Å². The molecule has 5 nitrogen and oxygen atoms in total.